The summed E-state index contributed by atoms with van der Waals surface area (Å²) in [7, 11) is 0. The highest BCUT2D eigenvalue weighted by Gasteiger charge is 2.22. The molecule has 1 saturated carbocycles. The number of nitrogens with one attached hydrogen (secondary N) is 2. The van der Waals surface area contributed by atoms with Gasteiger partial charge in [-0.3, -0.25) is 10.2 Å². The summed E-state index contributed by atoms with van der Waals surface area (Å²) in [6.45, 7) is 2.52. The molecule has 2 N–H and O–H groups in total. The topological polar surface area (TPSA) is 62.2 Å². The number of halogens is 1. The van der Waals surface area contributed by atoms with E-state index in [1.807, 2.05) is 6.92 Å². The first-order valence-electron chi connectivity index (χ1n) is 5.22. The standard InChI is InChI=1S/C10H18N2O2.ClH/c1-2-3-6-14-10(13)7-9(11)12-8-4-5-8;/h8H,2-7H2,1H3,(H2,11,12);1H. The van der Waals surface area contributed by atoms with Gasteiger partial charge in [0, 0.05) is 6.04 Å². The van der Waals surface area contributed by atoms with Crippen molar-refractivity contribution < 1.29 is 9.53 Å². The molecule has 0 saturated heterocycles. The van der Waals surface area contributed by atoms with E-state index in [2.05, 4.69) is 5.32 Å². The molecule has 1 fully saturated rings. The van der Waals surface area contributed by atoms with Gasteiger partial charge in [0.05, 0.1) is 6.61 Å². The Morgan fingerprint density at radius 2 is 2.20 bits per heavy atom. The van der Waals surface area contributed by atoms with E-state index in [9.17, 15) is 4.79 Å². The Morgan fingerprint density at radius 3 is 2.73 bits per heavy atom. The van der Waals surface area contributed by atoms with Crippen LogP contribution >= 0.6 is 12.4 Å². The van der Waals surface area contributed by atoms with Gasteiger partial charge in [-0.2, -0.15) is 0 Å². The number of hydrogen-bond donors (Lipinski definition) is 2. The van der Waals surface area contributed by atoms with Gasteiger partial charge in [0.15, 0.2) is 0 Å². The summed E-state index contributed by atoms with van der Waals surface area (Å²) < 4.78 is 4.94. The summed E-state index contributed by atoms with van der Waals surface area (Å²) >= 11 is 0. The largest absolute Gasteiger partial charge is 0.465 e. The summed E-state index contributed by atoms with van der Waals surface area (Å²) in [6.07, 6.45) is 4.24. The molecule has 0 aromatic carbocycles. The predicted octanol–water partition coefficient (Wildman–Crippen LogP) is 1.87. The van der Waals surface area contributed by atoms with Crippen molar-refractivity contribution in [2.75, 3.05) is 6.61 Å². The average Bonchev–Trinajstić information content (AvgIpc) is 2.88. The molecule has 0 radical (unpaired) electrons. The van der Waals surface area contributed by atoms with Crippen molar-refractivity contribution >= 4 is 24.2 Å². The summed E-state index contributed by atoms with van der Waals surface area (Å²) in [6, 6.07) is 0.436. The quantitative estimate of drug-likeness (QED) is 0.319. The Balaban J connectivity index is 0.00000196. The molecule has 0 unspecified atom stereocenters. The van der Waals surface area contributed by atoms with Gasteiger partial charge in [-0.15, -0.1) is 12.4 Å². The highest BCUT2D eigenvalue weighted by atomic mass is 35.5. The SMILES string of the molecule is CCCCOC(=O)CC(=N)NC1CC1.Cl. The lowest BCUT2D eigenvalue weighted by molar-refractivity contribution is -0.142. The van der Waals surface area contributed by atoms with Gasteiger partial charge < -0.3 is 10.1 Å². The number of unbranched alkanes of at least 4 members (excludes halogenated alkanes) is 1. The fraction of sp³-hybridized carbons (Fsp3) is 0.800. The Hall–Kier alpha value is -0.770. The molecule has 1 rings (SSSR count). The number of ether oxygens (including phenoxy) is 1. The van der Waals surface area contributed by atoms with Crippen molar-refractivity contribution in [2.24, 2.45) is 0 Å². The second-order valence-electron chi connectivity index (χ2n) is 3.65. The maximum atomic E-state index is 11.1. The van der Waals surface area contributed by atoms with Gasteiger partial charge >= 0.3 is 5.97 Å². The Morgan fingerprint density at radius 1 is 1.53 bits per heavy atom. The van der Waals surface area contributed by atoms with Crippen LogP contribution in [0.2, 0.25) is 0 Å². The van der Waals surface area contributed by atoms with E-state index < -0.39 is 0 Å². The Kier molecular flexibility index (Phi) is 7.13. The summed E-state index contributed by atoms with van der Waals surface area (Å²) in [4.78, 5) is 11.1. The molecule has 0 heterocycles. The van der Waals surface area contributed by atoms with Crippen molar-refractivity contribution in [3.63, 3.8) is 0 Å². The zero-order chi connectivity index (χ0) is 10.4. The van der Waals surface area contributed by atoms with Crippen LogP contribution in [0.4, 0.5) is 0 Å². The van der Waals surface area contributed by atoms with Crippen LogP contribution in [0.15, 0.2) is 0 Å². The monoisotopic (exact) mass is 234 g/mol. The minimum absolute atomic E-state index is 0. The van der Waals surface area contributed by atoms with Crippen LogP contribution in [0.1, 0.15) is 39.0 Å². The van der Waals surface area contributed by atoms with Crippen molar-refractivity contribution in [1.29, 1.82) is 5.41 Å². The van der Waals surface area contributed by atoms with Crippen molar-refractivity contribution in [3.8, 4) is 0 Å². The number of amidine groups is 1. The van der Waals surface area contributed by atoms with Crippen LogP contribution in [-0.4, -0.2) is 24.5 Å². The van der Waals surface area contributed by atoms with Gasteiger partial charge in [-0.05, 0) is 19.3 Å². The van der Waals surface area contributed by atoms with Crippen LogP contribution in [0, 0.1) is 5.41 Å². The van der Waals surface area contributed by atoms with Crippen LogP contribution in [-0.2, 0) is 9.53 Å². The van der Waals surface area contributed by atoms with E-state index in [-0.39, 0.29) is 30.6 Å². The van der Waals surface area contributed by atoms with E-state index in [0.29, 0.717) is 12.6 Å². The predicted molar refractivity (Wildman–Crippen MR) is 61.6 cm³/mol. The summed E-state index contributed by atoms with van der Waals surface area (Å²) in [5.41, 5.74) is 0. The molecule has 0 bridgehead atoms. The first-order chi connectivity index (χ1) is 6.72. The number of carbonyl (C=O) groups is 1. The minimum atomic E-state index is -0.295. The normalized spacial score (nSPS) is 13.9. The smallest absolute Gasteiger partial charge is 0.313 e. The van der Waals surface area contributed by atoms with Gasteiger partial charge in [-0.25, -0.2) is 0 Å². The van der Waals surface area contributed by atoms with Crippen molar-refractivity contribution in [2.45, 2.75) is 45.1 Å². The molecule has 4 nitrogen and oxygen atoms in total. The first-order valence-corrected chi connectivity index (χ1v) is 5.22. The van der Waals surface area contributed by atoms with Crippen molar-refractivity contribution in [3.05, 3.63) is 0 Å². The van der Waals surface area contributed by atoms with Crippen LogP contribution < -0.4 is 5.32 Å². The molecule has 15 heavy (non-hydrogen) atoms. The first kappa shape index (κ1) is 14.2. The molecule has 1 aliphatic carbocycles. The lowest BCUT2D eigenvalue weighted by Gasteiger charge is -2.06. The molecule has 88 valence electrons. The molecular formula is C10H19ClN2O2. The van der Waals surface area contributed by atoms with Crippen LogP contribution in [0.25, 0.3) is 0 Å². The molecule has 0 spiro atoms. The number of esters is 1. The Bertz CT molecular complexity index is 217. The third kappa shape index (κ3) is 7.19. The molecule has 0 aromatic heterocycles. The molecule has 0 atom stereocenters. The summed E-state index contributed by atoms with van der Waals surface area (Å²) in [5.74, 6) is -0.00871. The van der Waals surface area contributed by atoms with Gasteiger partial charge in [0.2, 0.25) is 0 Å². The van der Waals surface area contributed by atoms with E-state index in [1.165, 1.54) is 0 Å². The van der Waals surface area contributed by atoms with Gasteiger partial charge in [-0.1, -0.05) is 13.3 Å². The third-order valence-corrected chi connectivity index (χ3v) is 2.04. The van der Waals surface area contributed by atoms with E-state index in [0.717, 1.165) is 25.7 Å². The zero-order valence-electron chi connectivity index (χ0n) is 9.04. The molecular weight excluding hydrogens is 216 g/mol. The fourth-order valence-corrected chi connectivity index (χ4v) is 1.05. The number of hydrogen-bond acceptors (Lipinski definition) is 3. The molecule has 5 heteroatoms. The van der Waals surface area contributed by atoms with Gasteiger partial charge in [0.1, 0.15) is 12.3 Å². The third-order valence-electron chi connectivity index (χ3n) is 2.04. The zero-order valence-corrected chi connectivity index (χ0v) is 9.86. The fourth-order valence-electron chi connectivity index (χ4n) is 1.05. The maximum absolute atomic E-state index is 11.1. The van der Waals surface area contributed by atoms with E-state index >= 15 is 0 Å². The Labute approximate surface area is 96.7 Å². The minimum Gasteiger partial charge on any atom is -0.465 e. The lowest BCUT2D eigenvalue weighted by atomic mass is 10.3. The van der Waals surface area contributed by atoms with Gasteiger partial charge in [0.25, 0.3) is 0 Å². The second-order valence-corrected chi connectivity index (χ2v) is 3.65. The molecule has 0 aliphatic heterocycles. The maximum Gasteiger partial charge on any atom is 0.313 e. The van der Waals surface area contributed by atoms with Crippen LogP contribution in [0.3, 0.4) is 0 Å². The molecule has 0 amide bonds. The lowest BCUT2D eigenvalue weighted by Crippen LogP contribution is -2.27. The van der Waals surface area contributed by atoms with Crippen LogP contribution in [0.5, 0.6) is 0 Å². The number of rotatable bonds is 6. The van der Waals surface area contributed by atoms with E-state index in [1.54, 1.807) is 0 Å². The average molecular weight is 235 g/mol. The van der Waals surface area contributed by atoms with E-state index in [4.69, 9.17) is 10.1 Å². The number of carbonyl (C=O) groups excluding carboxylic acids is 1. The summed E-state index contributed by atoms with van der Waals surface area (Å²) in [5, 5.41) is 10.4. The highest BCUT2D eigenvalue weighted by Crippen LogP contribution is 2.18. The van der Waals surface area contributed by atoms with Crippen molar-refractivity contribution in [1.82, 2.24) is 5.32 Å². The molecule has 0 aromatic rings. The highest BCUT2D eigenvalue weighted by molar-refractivity contribution is 5.96. The second kappa shape index (κ2) is 7.51. The molecule has 1 aliphatic rings.